The largest absolute Gasteiger partial charge is 0.490 e. The van der Waals surface area contributed by atoms with Gasteiger partial charge >= 0.3 is 0 Å². The number of benzene rings is 1. The van der Waals surface area contributed by atoms with E-state index in [1.165, 1.54) is 0 Å². The highest BCUT2D eigenvalue weighted by atomic mass is 16.5. The van der Waals surface area contributed by atoms with E-state index in [4.69, 9.17) is 9.47 Å². The predicted octanol–water partition coefficient (Wildman–Crippen LogP) is 4.43. The maximum Gasteiger partial charge on any atom is 0.251 e. The number of carbonyl (C=O) groups excluding carboxylic acids is 1. The van der Waals surface area contributed by atoms with E-state index in [-0.39, 0.29) is 16.9 Å². The van der Waals surface area contributed by atoms with Crippen LogP contribution in [0.3, 0.4) is 0 Å². The van der Waals surface area contributed by atoms with E-state index in [2.05, 4.69) is 26.1 Å². The Kier molecular flexibility index (Phi) is 6.48. The molecule has 0 fully saturated rings. The van der Waals surface area contributed by atoms with Crippen LogP contribution in [-0.2, 0) is 0 Å². The van der Waals surface area contributed by atoms with Crippen molar-refractivity contribution in [3.05, 3.63) is 23.8 Å². The van der Waals surface area contributed by atoms with E-state index in [1.54, 1.807) is 18.2 Å². The number of rotatable bonds is 7. The Labute approximate surface area is 140 Å². The lowest BCUT2D eigenvalue weighted by atomic mass is 9.81. The van der Waals surface area contributed by atoms with Gasteiger partial charge in [-0.2, -0.15) is 0 Å². The molecule has 1 aromatic rings. The van der Waals surface area contributed by atoms with E-state index in [0.717, 1.165) is 6.42 Å². The van der Waals surface area contributed by atoms with Crippen LogP contribution in [0.2, 0.25) is 0 Å². The minimum Gasteiger partial charge on any atom is -0.490 e. The van der Waals surface area contributed by atoms with Crippen molar-refractivity contribution < 1.29 is 14.3 Å². The Morgan fingerprint density at radius 3 is 2.09 bits per heavy atom. The first-order valence-electron chi connectivity index (χ1n) is 8.30. The van der Waals surface area contributed by atoms with E-state index in [1.807, 2.05) is 27.7 Å². The standard InChI is InChI=1S/C19H31NO3/c1-8-22-15-11-10-14(12-16(15)23-9-2)17(21)20-19(6,7)13-18(3,4)5/h10-12H,8-9,13H2,1-7H3,(H,20,21). The number of amides is 1. The summed E-state index contributed by atoms with van der Waals surface area (Å²) in [4.78, 5) is 12.6. The Morgan fingerprint density at radius 1 is 1.00 bits per heavy atom. The fourth-order valence-corrected chi connectivity index (χ4v) is 2.94. The third-order valence-corrected chi connectivity index (χ3v) is 3.23. The zero-order valence-electron chi connectivity index (χ0n) is 15.6. The predicted molar refractivity (Wildman–Crippen MR) is 94.4 cm³/mol. The van der Waals surface area contributed by atoms with Gasteiger partial charge in [0.25, 0.3) is 5.91 Å². The lowest BCUT2D eigenvalue weighted by molar-refractivity contribution is 0.0891. The maximum absolute atomic E-state index is 12.6. The number of ether oxygens (including phenoxy) is 2. The summed E-state index contributed by atoms with van der Waals surface area (Å²) in [5.74, 6) is 1.18. The second-order valence-electron chi connectivity index (χ2n) is 7.60. The van der Waals surface area contributed by atoms with Gasteiger partial charge in [-0.25, -0.2) is 0 Å². The van der Waals surface area contributed by atoms with Crippen LogP contribution in [0.4, 0.5) is 0 Å². The molecule has 4 heteroatoms. The fraction of sp³-hybridized carbons (Fsp3) is 0.632. The fourth-order valence-electron chi connectivity index (χ4n) is 2.94. The molecule has 1 aromatic carbocycles. The summed E-state index contributed by atoms with van der Waals surface area (Å²) in [6, 6.07) is 5.31. The molecular formula is C19H31NO3. The Hall–Kier alpha value is -1.71. The van der Waals surface area contributed by atoms with Crippen molar-refractivity contribution in [2.75, 3.05) is 13.2 Å². The SMILES string of the molecule is CCOc1ccc(C(=O)NC(C)(C)CC(C)(C)C)cc1OCC. The quantitative estimate of drug-likeness (QED) is 0.808. The normalized spacial score (nSPS) is 12.0. The average molecular weight is 321 g/mol. The van der Waals surface area contributed by atoms with Crippen LogP contribution in [0.1, 0.15) is 65.2 Å². The summed E-state index contributed by atoms with van der Waals surface area (Å²) in [7, 11) is 0. The first-order chi connectivity index (χ1) is 10.6. The van der Waals surface area contributed by atoms with Gasteiger partial charge < -0.3 is 14.8 Å². The summed E-state index contributed by atoms with van der Waals surface area (Å²) in [5.41, 5.74) is 0.449. The van der Waals surface area contributed by atoms with Gasteiger partial charge in [0.05, 0.1) is 13.2 Å². The highest BCUT2D eigenvalue weighted by molar-refractivity contribution is 5.95. The van der Waals surface area contributed by atoms with Crippen LogP contribution in [-0.4, -0.2) is 24.7 Å². The zero-order chi connectivity index (χ0) is 17.7. The van der Waals surface area contributed by atoms with Crippen LogP contribution < -0.4 is 14.8 Å². The van der Waals surface area contributed by atoms with Crippen molar-refractivity contribution in [2.45, 2.75) is 60.4 Å². The molecule has 23 heavy (non-hydrogen) atoms. The van der Waals surface area contributed by atoms with Crippen LogP contribution in [0.15, 0.2) is 18.2 Å². The molecular weight excluding hydrogens is 290 g/mol. The Bertz CT molecular complexity index is 530. The van der Waals surface area contributed by atoms with Gasteiger partial charge in [-0.1, -0.05) is 20.8 Å². The van der Waals surface area contributed by atoms with Gasteiger partial charge in [0.15, 0.2) is 11.5 Å². The van der Waals surface area contributed by atoms with Crippen LogP contribution in [0, 0.1) is 5.41 Å². The smallest absolute Gasteiger partial charge is 0.251 e. The lowest BCUT2D eigenvalue weighted by Crippen LogP contribution is -2.45. The monoisotopic (exact) mass is 321 g/mol. The number of hydrogen-bond donors (Lipinski definition) is 1. The molecule has 4 nitrogen and oxygen atoms in total. The Balaban J connectivity index is 2.93. The molecule has 0 aliphatic heterocycles. The molecule has 0 bridgehead atoms. The molecule has 1 amide bonds. The second kappa shape index (κ2) is 7.71. The second-order valence-corrected chi connectivity index (χ2v) is 7.60. The molecule has 0 aliphatic carbocycles. The minimum absolute atomic E-state index is 0.0942. The number of nitrogens with one attached hydrogen (secondary N) is 1. The lowest BCUT2D eigenvalue weighted by Gasteiger charge is -2.33. The summed E-state index contributed by atoms with van der Waals surface area (Å²) in [5, 5.41) is 3.11. The molecule has 0 heterocycles. The van der Waals surface area contributed by atoms with Gasteiger partial charge in [-0.05, 0) is 57.7 Å². The molecule has 0 saturated heterocycles. The topological polar surface area (TPSA) is 47.6 Å². The third kappa shape index (κ3) is 6.51. The van der Waals surface area contributed by atoms with Crippen molar-refractivity contribution in [1.29, 1.82) is 0 Å². The molecule has 130 valence electrons. The van der Waals surface area contributed by atoms with E-state index in [0.29, 0.717) is 30.3 Å². The average Bonchev–Trinajstić information content (AvgIpc) is 2.37. The van der Waals surface area contributed by atoms with Gasteiger partial charge in [0.2, 0.25) is 0 Å². The summed E-state index contributed by atoms with van der Waals surface area (Å²) in [6.45, 7) is 15.5. The molecule has 0 aliphatic rings. The molecule has 0 radical (unpaired) electrons. The highest BCUT2D eigenvalue weighted by Gasteiger charge is 2.27. The minimum atomic E-state index is -0.278. The highest BCUT2D eigenvalue weighted by Crippen LogP contribution is 2.30. The molecule has 0 aromatic heterocycles. The summed E-state index contributed by atoms with van der Waals surface area (Å²) >= 11 is 0. The number of carbonyl (C=O) groups is 1. The van der Waals surface area contributed by atoms with Crippen molar-refractivity contribution in [1.82, 2.24) is 5.32 Å². The molecule has 0 spiro atoms. The zero-order valence-corrected chi connectivity index (χ0v) is 15.6. The molecule has 1 rings (SSSR count). The molecule has 0 atom stereocenters. The molecule has 1 N–H and O–H groups in total. The van der Waals surface area contributed by atoms with E-state index >= 15 is 0 Å². The molecule has 0 saturated carbocycles. The first kappa shape index (κ1) is 19.3. The van der Waals surface area contributed by atoms with Gasteiger partial charge in [0, 0.05) is 11.1 Å². The first-order valence-corrected chi connectivity index (χ1v) is 8.30. The van der Waals surface area contributed by atoms with E-state index < -0.39 is 0 Å². The Morgan fingerprint density at radius 2 is 1.57 bits per heavy atom. The van der Waals surface area contributed by atoms with Gasteiger partial charge in [-0.3, -0.25) is 4.79 Å². The van der Waals surface area contributed by atoms with Crippen LogP contribution in [0.5, 0.6) is 11.5 Å². The molecule has 0 unspecified atom stereocenters. The van der Waals surface area contributed by atoms with E-state index in [9.17, 15) is 4.79 Å². The maximum atomic E-state index is 12.6. The van der Waals surface area contributed by atoms with Crippen molar-refractivity contribution in [3.63, 3.8) is 0 Å². The third-order valence-electron chi connectivity index (χ3n) is 3.23. The van der Waals surface area contributed by atoms with Gasteiger partial charge in [0.1, 0.15) is 0 Å². The summed E-state index contributed by atoms with van der Waals surface area (Å²) < 4.78 is 11.1. The van der Waals surface area contributed by atoms with Crippen molar-refractivity contribution in [2.24, 2.45) is 5.41 Å². The van der Waals surface area contributed by atoms with Crippen molar-refractivity contribution >= 4 is 5.91 Å². The summed E-state index contributed by atoms with van der Waals surface area (Å²) in [6.07, 6.45) is 0.890. The number of hydrogen-bond acceptors (Lipinski definition) is 3. The van der Waals surface area contributed by atoms with Crippen LogP contribution in [0.25, 0.3) is 0 Å². The van der Waals surface area contributed by atoms with Crippen molar-refractivity contribution in [3.8, 4) is 11.5 Å². The van der Waals surface area contributed by atoms with Crippen LogP contribution >= 0.6 is 0 Å². The van der Waals surface area contributed by atoms with Gasteiger partial charge in [-0.15, -0.1) is 0 Å².